The SMILES string of the molecule is C=CC/C(=C\c1ccc2c(c1)OCO2)C(=O)OCC. The first-order chi connectivity index (χ1) is 9.24. The number of hydrogen-bond acceptors (Lipinski definition) is 4. The van der Waals surface area contributed by atoms with Crippen LogP contribution in [-0.2, 0) is 9.53 Å². The van der Waals surface area contributed by atoms with E-state index in [0.717, 1.165) is 11.3 Å². The smallest absolute Gasteiger partial charge is 0.334 e. The number of ether oxygens (including phenoxy) is 3. The number of benzene rings is 1. The number of esters is 1. The lowest BCUT2D eigenvalue weighted by Crippen LogP contribution is -2.07. The summed E-state index contributed by atoms with van der Waals surface area (Å²) in [5, 5.41) is 0. The molecule has 0 fully saturated rings. The molecule has 0 unspecified atom stereocenters. The van der Waals surface area contributed by atoms with Gasteiger partial charge in [-0.1, -0.05) is 12.1 Å². The van der Waals surface area contributed by atoms with Crippen molar-refractivity contribution in [1.82, 2.24) is 0 Å². The number of fused-ring (bicyclic) bond motifs is 1. The second kappa shape index (κ2) is 6.09. The summed E-state index contributed by atoms with van der Waals surface area (Å²) in [5.74, 6) is 1.09. The van der Waals surface area contributed by atoms with Crippen molar-refractivity contribution in [3.63, 3.8) is 0 Å². The fourth-order valence-corrected chi connectivity index (χ4v) is 1.78. The van der Waals surface area contributed by atoms with Crippen molar-refractivity contribution in [2.24, 2.45) is 0 Å². The van der Waals surface area contributed by atoms with Crippen molar-refractivity contribution in [3.8, 4) is 11.5 Å². The third kappa shape index (κ3) is 3.16. The van der Waals surface area contributed by atoms with Gasteiger partial charge in [-0.05, 0) is 37.1 Å². The molecule has 0 aromatic heterocycles. The molecular formula is C15H16O4. The Bertz CT molecular complexity index is 517. The molecule has 1 aromatic rings. The van der Waals surface area contributed by atoms with Crippen molar-refractivity contribution in [2.75, 3.05) is 13.4 Å². The van der Waals surface area contributed by atoms with Crippen LogP contribution >= 0.6 is 0 Å². The molecule has 1 aliphatic rings. The van der Waals surface area contributed by atoms with E-state index in [-0.39, 0.29) is 12.8 Å². The van der Waals surface area contributed by atoms with Gasteiger partial charge in [0.1, 0.15) is 0 Å². The monoisotopic (exact) mass is 260 g/mol. The van der Waals surface area contributed by atoms with Crippen LogP contribution in [0.1, 0.15) is 18.9 Å². The Hall–Kier alpha value is -2.23. The number of allylic oxidation sites excluding steroid dienone is 1. The van der Waals surface area contributed by atoms with E-state index in [1.54, 1.807) is 19.1 Å². The van der Waals surface area contributed by atoms with Gasteiger partial charge in [-0.3, -0.25) is 0 Å². The van der Waals surface area contributed by atoms with Gasteiger partial charge in [0.15, 0.2) is 11.5 Å². The highest BCUT2D eigenvalue weighted by Crippen LogP contribution is 2.33. The summed E-state index contributed by atoms with van der Waals surface area (Å²) in [7, 11) is 0. The van der Waals surface area contributed by atoms with Gasteiger partial charge in [-0.25, -0.2) is 4.79 Å². The molecular weight excluding hydrogens is 244 g/mol. The van der Waals surface area contributed by atoms with Crippen molar-refractivity contribution < 1.29 is 19.0 Å². The lowest BCUT2D eigenvalue weighted by atomic mass is 10.1. The molecule has 0 aliphatic carbocycles. The molecule has 0 bridgehead atoms. The highest BCUT2D eigenvalue weighted by Gasteiger charge is 2.14. The van der Waals surface area contributed by atoms with Crippen LogP contribution in [0, 0.1) is 0 Å². The summed E-state index contributed by atoms with van der Waals surface area (Å²) >= 11 is 0. The normalized spacial score (nSPS) is 13.2. The van der Waals surface area contributed by atoms with Crippen molar-refractivity contribution >= 4 is 12.0 Å². The first kappa shape index (κ1) is 13.2. The number of hydrogen-bond donors (Lipinski definition) is 0. The summed E-state index contributed by atoms with van der Waals surface area (Å²) < 4.78 is 15.6. The van der Waals surface area contributed by atoms with Crippen LogP contribution in [0.5, 0.6) is 11.5 Å². The number of rotatable bonds is 5. The van der Waals surface area contributed by atoms with Gasteiger partial charge >= 0.3 is 5.97 Å². The van der Waals surface area contributed by atoms with E-state index in [9.17, 15) is 4.79 Å². The van der Waals surface area contributed by atoms with E-state index in [2.05, 4.69) is 6.58 Å². The maximum absolute atomic E-state index is 11.8. The van der Waals surface area contributed by atoms with Crippen LogP contribution in [0.15, 0.2) is 36.4 Å². The Balaban J connectivity index is 2.25. The third-order valence-corrected chi connectivity index (χ3v) is 2.64. The summed E-state index contributed by atoms with van der Waals surface area (Å²) in [6.45, 7) is 6.02. The highest BCUT2D eigenvalue weighted by molar-refractivity contribution is 5.94. The largest absolute Gasteiger partial charge is 0.463 e. The first-order valence-electron chi connectivity index (χ1n) is 6.13. The summed E-state index contributed by atoms with van der Waals surface area (Å²) in [5.41, 5.74) is 1.44. The molecule has 1 heterocycles. The van der Waals surface area contributed by atoms with Crippen LogP contribution in [0.2, 0.25) is 0 Å². The van der Waals surface area contributed by atoms with E-state index in [0.29, 0.717) is 24.4 Å². The van der Waals surface area contributed by atoms with E-state index in [1.165, 1.54) is 0 Å². The van der Waals surface area contributed by atoms with Gasteiger partial charge < -0.3 is 14.2 Å². The van der Waals surface area contributed by atoms with Gasteiger partial charge in [0.25, 0.3) is 0 Å². The molecule has 0 radical (unpaired) electrons. The Labute approximate surface area is 112 Å². The lowest BCUT2D eigenvalue weighted by molar-refractivity contribution is -0.138. The van der Waals surface area contributed by atoms with E-state index >= 15 is 0 Å². The third-order valence-electron chi connectivity index (χ3n) is 2.64. The zero-order chi connectivity index (χ0) is 13.7. The summed E-state index contributed by atoms with van der Waals surface area (Å²) in [6.07, 6.45) is 3.92. The summed E-state index contributed by atoms with van der Waals surface area (Å²) in [6, 6.07) is 5.53. The molecule has 0 saturated carbocycles. The maximum atomic E-state index is 11.8. The minimum atomic E-state index is -0.319. The van der Waals surface area contributed by atoms with Crippen molar-refractivity contribution in [2.45, 2.75) is 13.3 Å². The second-order valence-corrected chi connectivity index (χ2v) is 4.00. The zero-order valence-corrected chi connectivity index (χ0v) is 10.8. The molecule has 0 amide bonds. The number of carbonyl (C=O) groups excluding carboxylic acids is 1. The first-order valence-corrected chi connectivity index (χ1v) is 6.13. The van der Waals surface area contributed by atoms with Crippen LogP contribution in [0.3, 0.4) is 0 Å². The molecule has 100 valence electrons. The Kier molecular flexibility index (Phi) is 4.23. The van der Waals surface area contributed by atoms with Crippen molar-refractivity contribution in [3.05, 3.63) is 42.0 Å². The van der Waals surface area contributed by atoms with Gasteiger partial charge in [0, 0.05) is 5.57 Å². The van der Waals surface area contributed by atoms with E-state index in [1.807, 2.05) is 18.2 Å². The molecule has 0 spiro atoms. The molecule has 0 N–H and O–H groups in total. The molecule has 19 heavy (non-hydrogen) atoms. The highest BCUT2D eigenvalue weighted by atomic mass is 16.7. The van der Waals surface area contributed by atoms with E-state index in [4.69, 9.17) is 14.2 Å². The Morgan fingerprint density at radius 3 is 2.95 bits per heavy atom. The maximum Gasteiger partial charge on any atom is 0.334 e. The molecule has 2 rings (SSSR count). The van der Waals surface area contributed by atoms with Crippen molar-refractivity contribution in [1.29, 1.82) is 0 Å². The van der Waals surface area contributed by atoms with Gasteiger partial charge in [0.05, 0.1) is 6.61 Å². The minimum absolute atomic E-state index is 0.236. The minimum Gasteiger partial charge on any atom is -0.463 e. The van der Waals surface area contributed by atoms with E-state index < -0.39 is 0 Å². The van der Waals surface area contributed by atoms with Crippen LogP contribution in [0.25, 0.3) is 6.08 Å². The van der Waals surface area contributed by atoms with Gasteiger partial charge in [-0.15, -0.1) is 6.58 Å². The Morgan fingerprint density at radius 2 is 2.21 bits per heavy atom. The molecule has 0 atom stereocenters. The average Bonchev–Trinajstić information content (AvgIpc) is 2.86. The average molecular weight is 260 g/mol. The van der Waals surface area contributed by atoms with Crippen LogP contribution in [0.4, 0.5) is 0 Å². The fraction of sp³-hybridized carbons (Fsp3) is 0.267. The standard InChI is InChI=1S/C15H16O4/c1-3-5-12(15(16)17-4-2)8-11-6-7-13-14(9-11)19-10-18-13/h3,6-9H,1,4-5,10H2,2H3/b12-8+. The topological polar surface area (TPSA) is 44.8 Å². The molecule has 1 aliphatic heterocycles. The van der Waals surface area contributed by atoms with Crippen LogP contribution < -0.4 is 9.47 Å². The molecule has 0 saturated heterocycles. The molecule has 1 aromatic carbocycles. The molecule has 4 nitrogen and oxygen atoms in total. The predicted octanol–water partition coefficient (Wildman–Crippen LogP) is 2.94. The number of carbonyl (C=O) groups is 1. The lowest BCUT2D eigenvalue weighted by Gasteiger charge is -2.05. The fourth-order valence-electron chi connectivity index (χ4n) is 1.78. The van der Waals surface area contributed by atoms with Gasteiger partial charge in [-0.2, -0.15) is 0 Å². The van der Waals surface area contributed by atoms with Crippen LogP contribution in [-0.4, -0.2) is 19.4 Å². The Morgan fingerprint density at radius 1 is 1.42 bits per heavy atom. The zero-order valence-electron chi connectivity index (χ0n) is 10.8. The quantitative estimate of drug-likeness (QED) is 0.464. The predicted molar refractivity (Wildman–Crippen MR) is 72.0 cm³/mol. The van der Waals surface area contributed by atoms with Gasteiger partial charge in [0.2, 0.25) is 6.79 Å². The summed E-state index contributed by atoms with van der Waals surface area (Å²) in [4.78, 5) is 11.8. The molecule has 4 heteroatoms. The second-order valence-electron chi connectivity index (χ2n) is 4.00.